The predicted molar refractivity (Wildman–Crippen MR) is 89.8 cm³/mol. The quantitative estimate of drug-likeness (QED) is 0.776. The van der Waals surface area contributed by atoms with Crippen LogP contribution in [-0.2, 0) is 13.6 Å². The average molecular weight is 324 g/mol. The summed E-state index contributed by atoms with van der Waals surface area (Å²) in [6, 6.07) is 1.93. The second-order valence-corrected chi connectivity index (χ2v) is 6.41. The van der Waals surface area contributed by atoms with Crippen molar-refractivity contribution >= 4 is 16.9 Å². The first-order valence-corrected chi connectivity index (χ1v) is 8.22. The maximum absolute atomic E-state index is 12.7. The molecular weight excluding hydrogens is 304 g/mol. The molecule has 1 saturated carbocycles. The normalized spacial score (nSPS) is 14.2. The van der Waals surface area contributed by atoms with Gasteiger partial charge in [0.1, 0.15) is 0 Å². The van der Waals surface area contributed by atoms with Crippen molar-refractivity contribution in [2.24, 2.45) is 7.05 Å². The molecule has 7 heteroatoms. The molecular formula is C17H20N6O. The highest BCUT2D eigenvalue weighted by atomic mass is 16.1. The van der Waals surface area contributed by atoms with Crippen molar-refractivity contribution in [3.63, 3.8) is 0 Å². The van der Waals surface area contributed by atoms with Gasteiger partial charge in [0.25, 0.3) is 5.91 Å². The summed E-state index contributed by atoms with van der Waals surface area (Å²) in [5.41, 5.74) is 3.54. The topological polar surface area (TPSA) is 77.6 Å². The predicted octanol–water partition coefficient (Wildman–Crippen LogP) is 1.78. The number of amides is 1. The van der Waals surface area contributed by atoms with E-state index in [1.54, 1.807) is 10.9 Å². The molecule has 0 spiro atoms. The average Bonchev–Trinajstić information content (AvgIpc) is 3.25. The van der Waals surface area contributed by atoms with Crippen LogP contribution in [0.4, 0.5) is 0 Å². The van der Waals surface area contributed by atoms with E-state index in [0.29, 0.717) is 24.6 Å². The minimum absolute atomic E-state index is 0.0822. The molecule has 1 N–H and O–H groups in total. The summed E-state index contributed by atoms with van der Waals surface area (Å²) in [6.07, 6.45) is 7.78. The van der Waals surface area contributed by atoms with Crippen LogP contribution < -0.4 is 5.32 Å². The summed E-state index contributed by atoms with van der Waals surface area (Å²) >= 11 is 0. The Morgan fingerprint density at radius 2 is 2.17 bits per heavy atom. The molecule has 0 saturated heterocycles. The number of hydrogen-bond acceptors (Lipinski definition) is 4. The third kappa shape index (κ3) is 2.77. The first-order valence-electron chi connectivity index (χ1n) is 8.22. The maximum atomic E-state index is 12.7. The summed E-state index contributed by atoms with van der Waals surface area (Å²) in [4.78, 5) is 17.3. The standard InChI is InChI=1S/C17H20N6O/c1-11-8-20-23(10-11)6-5-18-17(24)13-7-15(12-3-4-12)21-16-14(13)9-19-22(16)2/h7-10,12H,3-6H2,1-2H3,(H,18,24). The SMILES string of the molecule is Cc1cnn(CCNC(=O)c2cc(C3CC3)nc3c2cnn3C)c1. The summed E-state index contributed by atoms with van der Waals surface area (Å²) in [5, 5.41) is 12.3. The van der Waals surface area contributed by atoms with Gasteiger partial charge in [-0.15, -0.1) is 0 Å². The van der Waals surface area contributed by atoms with E-state index in [2.05, 4.69) is 20.5 Å². The highest BCUT2D eigenvalue weighted by Gasteiger charge is 2.27. The Morgan fingerprint density at radius 1 is 1.33 bits per heavy atom. The number of aryl methyl sites for hydroxylation is 2. The molecule has 3 heterocycles. The number of carbonyl (C=O) groups is 1. The van der Waals surface area contributed by atoms with Gasteiger partial charge in [-0.25, -0.2) is 4.98 Å². The number of carbonyl (C=O) groups excluding carboxylic acids is 1. The fraction of sp³-hybridized carbons (Fsp3) is 0.412. The van der Waals surface area contributed by atoms with Gasteiger partial charge in [0.2, 0.25) is 0 Å². The van der Waals surface area contributed by atoms with Crippen LogP contribution in [0.1, 0.15) is 40.4 Å². The van der Waals surface area contributed by atoms with Crippen LogP contribution >= 0.6 is 0 Å². The zero-order chi connectivity index (χ0) is 16.7. The molecule has 4 rings (SSSR count). The molecule has 0 atom stereocenters. The Morgan fingerprint density at radius 3 is 2.88 bits per heavy atom. The zero-order valence-electron chi connectivity index (χ0n) is 13.9. The summed E-state index contributed by atoms with van der Waals surface area (Å²) in [5.74, 6) is 0.407. The van der Waals surface area contributed by atoms with Crippen LogP contribution in [0.5, 0.6) is 0 Å². The Hall–Kier alpha value is -2.70. The molecule has 124 valence electrons. The Labute approximate surface area is 139 Å². The molecule has 24 heavy (non-hydrogen) atoms. The highest BCUT2D eigenvalue weighted by Crippen LogP contribution is 2.40. The van der Waals surface area contributed by atoms with E-state index in [1.807, 2.05) is 37.1 Å². The maximum Gasteiger partial charge on any atom is 0.252 e. The van der Waals surface area contributed by atoms with E-state index in [0.717, 1.165) is 35.1 Å². The van der Waals surface area contributed by atoms with Crippen molar-refractivity contribution in [3.8, 4) is 0 Å². The number of nitrogens with zero attached hydrogens (tertiary/aromatic N) is 5. The number of nitrogens with one attached hydrogen (secondary N) is 1. The summed E-state index contributed by atoms with van der Waals surface area (Å²) in [7, 11) is 1.85. The minimum Gasteiger partial charge on any atom is -0.350 e. The zero-order valence-corrected chi connectivity index (χ0v) is 13.9. The number of rotatable bonds is 5. The molecule has 0 aromatic carbocycles. The summed E-state index contributed by atoms with van der Waals surface area (Å²) in [6.45, 7) is 3.18. The molecule has 0 aliphatic heterocycles. The van der Waals surface area contributed by atoms with Crippen molar-refractivity contribution in [1.29, 1.82) is 0 Å². The van der Waals surface area contributed by atoms with E-state index in [1.165, 1.54) is 0 Å². The van der Waals surface area contributed by atoms with Gasteiger partial charge in [0.05, 0.1) is 29.9 Å². The highest BCUT2D eigenvalue weighted by molar-refractivity contribution is 6.05. The molecule has 3 aromatic heterocycles. The first kappa shape index (κ1) is 14.9. The van der Waals surface area contributed by atoms with E-state index in [-0.39, 0.29) is 5.91 Å². The van der Waals surface area contributed by atoms with Crippen molar-refractivity contribution in [2.45, 2.75) is 32.2 Å². The van der Waals surface area contributed by atoms with Crippen molar-refractivity contribution in [1.82, 2.24) is 29.9 Å². The number of hydrogen-bond donors (Lipinski definition) is 1. The molecule has 1 aliphatic rings. The molecule has 7 nitrogen and oxygen atoms in total. The van der Waals surface area contributed by atoms with E-state index in [9.17, 15) is 4.79 Å². The van der Waals surface area contributed by atoms with Gasteiger partial charge in [-0.1, -0.05) is 0 Å². The smallest absolute Gasteiger partial charge is 0.252 e. The van der Waals surface area contributed by atoms with Crippen LogP contribution in [0.3, 0.4) is 0 Å². The molecule has 0 bridgehead atoms. The second kappa shape index (κ2) is 5.74. The Bertz CT molecular complexity index is 905. The number of fused-ring (bicyclic) bond motifs is 1. The number of aromatic nitrogens is 5. The van der Waals surface area contributed by atoms with Crippen LogP contribution in [0.15, 0.2) is 24.7 Å². The fourth-order valence-corrected chi connectivity index (χ4v) is 2.88. The Kier molecular flexibility index (Phi) is 3.55. The molecule has 3 aromatic rings. The molecule has 0 radical (unpaired) electrons. The first-order chi connectivity index (χ1) is 11.6. The third-order valence-electron chi connectivity index (χ3n) is 4.35. The number of pyridine rings is 1. The monoisotopic (exact) mass is 324 g/mol. The fourth-order valence-electron chi connectivity index (χ4n) is 2.88. The van der Waals surface area contributed by atoms with Gasteiger partial charge in [-0.2, -0.15) is 10.2 Å². The lowest BCUT2D eigenvalue weighted by Crippen LogP contribution is -2.27. The lowest BCUT2D eigenvalue weighted by atomic mass is 10.1. The van der Waals surface area contributed by atoms with Gasteiger partial charge >= 0.3 is 0 Å². The van der Waals surface area contributed by atoms with Crippen LogP contribution in [0.25, 0.3) is 11.0 Å². The van der Waals surface area contributed by atoms with E-state index < -0.39 is 0 Å². The van der Waals surface area contributed by atoms with Crippen molar-refractivity contribution in [3.05, 3.63) is 41.5 Å². The lowest BCUT2D eigenvalue weighted by molar-refractivity contribution is 0.0953. The molecule has 1 amide bonds. The lowest BCUT2D eigenvalue weighted by Gasteiger charge is -2.08. The van der Waals surface area contributed by atoms with Crippen LogP contribution in [0, 0.1) is 6.92 Å². The van der Waals surface area contributed by atoms with Crippen LogP contribution in [0.2, 0.25) is 0 Å². The third-order valence-corrected chi connectivity index (χ3v) is 4.35. The molecule has 0 unspecified atom stereocenters. The molecule has 1 aliphatic carbocycles. The summed E-state index contributed by atoms with van der Waals surface area (Å²) < 4.78 is 3.56. The molecule has 1 fully saturated rings. The van der Waals surface area contributed by atoms with Crippen molar-refractivity contribution in [2.75, 3.05) is 6.54 Å². The minimum atomic E-state index is -0.0822. The van der Waals surface area contributed by atoms with E-state index >= 15 is 0 Å². The Balaban J connectivity index is 1.54. The van der Waals surface area contributed by atoms with Gasteiger partial charge < -0.3 is 5.32 Å². The second-order valence-electron chi connectivity index (χ2n) is 6.41. The van der Waals surface area contributed by atoms with Crippen LogP contribution in [-0.4, -0.2) is 37.0 Å². The van der Waals surface area contributed by atoms with E-state index in [4.69, 9.17) is 0 Å². The van der Waals surface area contributed by atoms with Gasteiger partial charge in [-0.3, -0.25) is 14.2 Å². The van der Waals surface area contributed by atoms with Crippen molar-refractivity contribution < 1.29 is 4.79 Å². The van der Waals surface area contributed by atoms with Gasteiger partial charge in [0.15, 0.2) is 5.65 Å². The van der Waals surface area contributed by atoms with Gasteiger partial charge in [-0.05, 0) is 31.4 Å². The largest absolute Gasteiger partial charge is 0.350 e. The van der Waals surface area contributed by atoms with Gasteiger partial charge in [0, 0.05) is 31.4 Å².